The maximum absolute atomic E-state index is 13.0. The number of aromatic nitrogens is 1. The summed E-state index contributed by atoms with van der Waals surface area (Å²) in [6.07, 6.45) is 1.56. The predicted molar refractivity (Wildman–Crippen MR) is 117 cm³/mol. The molecule has 0 radical (unpaired) electrons. The molecule has 0 aliphatic carbocycles. The first-order valence-corrected chi connectivity index (χ1v) is 9.84. The van der Waals surface area contributed by atoms with Gasteiger partial charge in [-0.15, -0.1) is 0 Å². The van der Waals surface area contributed by atoms with E-state index in [9.17, 15) is 14.7 Å². The molecule has 0 unspecified atom stereocenters. The Hall–Kier alpha value is -2.83. The van der Waals surface area contributed by atoms with Gasteiger partial charge in [0, 0.05) is 49.0 Å². The van der Waals surface area contributed by atoms with Crippen LogP contribution in [0.25, 0.3) is 10.9 Å². The van der Waals surface area contributed by atoms with Crippen LogP contribution >= 0.6 is 11.6 Å². The largest absolute Gasteiger partial charge is 0.395 e. The van der Waals surface area contributed by atoms with Crippen LogP contribution in [0, 0.1) is 0 Å². The van der Waals surface area contributed by atoms with Gasteiger partial charge in [-0.1, -0.05) is 23.7 Å². The van der Waals surface area contributed by atoms with Crippen LogP contribution in [0.3, 0.4) is 0 Å². The number of hydrogen-bond acceptors (Lipinski definition) is 4. The Labute approximate surface area is 174 Å². The Morgan fingerprint density at radius 1 is 1.21 bits per heavy atom. The van der Waals surface area contributed by atoms with Crippen molar-refractivity contribution in [3.63, 3.8) is 0 Å². The number of pyridine rings is 1. The van der Waals surface area contributed by atoms with Crippen molar-refractivity contribution in [2.24, 2.45) is 7.05 Å². The topological polar surface area (TPSA) is 74.6 Å². The van der Waals surface area contributed by atoms with Crippen LogP contribution in [0.5, 0.6) is 0 Å². The lowest BCUT2D eigenvalue weighted by molar-refractivity contribution is 0.0949. The molecule has 1 amide bonds. The van der Waals surface area contributed by atoms with Crippen LogP contribution in [-0.2, 0) is 13.6 Å². The third-order valence-electron chi connectivity index (χ3n) is 4.90. The Morgan fingerprint density at radius 2 is 1.93 bits per heavy atom. The number of rotatable bonds is 7. The minimum absolute atomic E-state index is 0.0248. The molecule has 7 heteroatoms. The SMILES string of the molecule is CCN(CCO)c1ccc2c(c1)c(=O)c(C(=O)NCc1ccc(Cl)cc1)cn2C. The summed E-state index contributed by atoms with van der Waals surface area (Å²) in [6.45, 7) is 3.49. The molecule has 152 valence electrons. The molecule has 0 bridgehead atoms. The lowest BCUT2D eigenvalue weighted by atomic mass is 10.1. The number of aliphatic hydroxyl groups is 1. The normalized spacial score (nSPS) is 10.9. The molecule has 0 aliphatic rings. The van der Waals surface area contributed by atoms with E-state index in [0.29, 0.717) is 30.0 Å². The van der Waals surface area contributed by atoms with E-state index in [4.69, 9.17) is 11.6 Å². The van der Waals surface area contributed by atoms with Crippen molar-refractivity contribution in [2.45, 2.75) is 13.5 Å². The van der Waals surface area contributed by atoms with E-state index < -0.39 is 5.91 Å². The number of anilines is 1. The zero-order valence-corrected chi connectivity index (χ0v) is 17.2. The van der Waals surface area contributed by atoms with Gasteiger partial charge in [0.1, 0.15) is 5.56 Å². The molecule has 3 aromatic rings. The van der Waals surface area contributed by atoms with Gasteiger partial charge in [0.25, 0.3) is 5.91 Å². The number of likely N-dealkylation sites (N-methyl/N-ethyl adjacent to an activating group) is 1. The van der Waals surface area contributed by atoms with Gasteiger partial charge in [-0.05, 0) is 42.8 Å². The molecule has 2 N–H and O–H groups in total. The lowest BCUT2D eigenvalue weighted by Gasteiger charge is -2.22. The number of aryl methyl sites for hydroxylation is 1. The van der Waals surface area contributed by atoms with Crippen molar-refractivity contribution in [3.8, 4) is 0 Å². The van der Waals surface area contributed by atoms with E-state index in [2.05, 4.69) is 5.32 Å². The number of aliphatic hydroxyl groups excluding tert-OH is 1. The molecule has 6 nitrogen and oxygen atoms in total. The number of hydrogen-bond donors (Lipinski definition) is 2. The van der Waals surface area contributed by atoms with Crippen molar-refractivity contribution >= 4 is 34.1 Å². The van der Waals surface area contributed by atoms with Crippen LogP contribution < -0.4 is 15.6 Å². The second-order valence-corrected chi connectivity index (χ2v) is 7.23. The zero-order chi connectivity index (χ0) is 21.0. The summed E-state index contributed by atoms with van der Waals surface area (Å²) in [7, 11) is 1.81. The molecular weight excluding hydrogens is 390 g/mol. The molecule has 0 atom stereocenters. The van der Waals surface area contributed by atoms with E-state index in [1.807, 2.05) is 43.1 Å². The van der Waals surface area contributed by atoms with Gasteiger partial charge < -0.3 is 19.9 Å². The van der Waals surface area contributed by atoms with E-state index in [1.165, 1.54) is 0 Å². The van der Waals surface area contributed by atoms with Gasteiger partial charge in [0.15, 0.2) is 0 Å². The number of carbonyl (C=O) groups is 1. The molecular formula is C22H24ClN3O3. The molecule has 0 aliphatic heterocycles. The summed E-state index contributed by atoms with van der Waals surface area (Å²) in [4.78, 5) is 27.7. The fourth-order valence-corrected chi connectivity index (χ4v) is 3.44. The third-order valence-corrected chi connectivity index (χ3v) is 5.15. The lowest BCUT2D eigenvalue weighted by Crippen LogP contribution is -2.30. The van der Waals surface area contributed by atoms with Crippen LogP contribution in [0.2, 0.25) is 5.02 Å². The average Bonchev–Trinajstić information content (AvgIpc) is 2.73. The molecule has 0 saturated heterocycles. The highest BCUT2D eigenvalue weighted by atomic mass is 35.5. The number of halogens is 1. The van der Waals surface area contributed by atoms with Gasteiger partial charge in [0.2, 0.25) is 5.43 Å². The van der Waals surface area contributed by atoms with Gasteiger partial charge in [0.05, 0.1) is 12.1 Å². The first-order chi connectivity index (χ1) is 13.9. The minimum Gasteiger partial charge on any atom is -0.395 e. The summed E-state index contributed by atoms with van der Waals surface area (Å²) < 4.78 is 1.78. The number of fused-ring (bicyclic) bond motifs is 1. The smallest absolute Gasteiger partial charge is 0.257 e. The van der Waals surface area contributed by atoms with Crippen LogP contribution in [0.4, 0.5) is 5.69 Å². The van der Waals surface area contributed by atoms with E-state index in [1.54, 1.807) is 29.0 Å². The van der Waals surface area contributed by atoms with Crippen LogP contribution in [-0.4, -0.2) is 35.3 Å². The molecule has 2 aromatic carbocycles. The van der Waals surface area contributed by atoms with Gasteiger partial charge in [-0.25, -0.2) is 0 Å². The maximum atomic E-state index is 13.0. The minimum atomic E-state index is -0.421. The fourth-order valence-electron chi connectivity index (χ4n) is 3.31. The summed E-state index contributed by atoms with van der Waals surface area (Å²) in [5.41, 5.74) is 2.26. The standard InChI is InChI=1S/C22H24ClN3O3/c1-3-26(10-11-27)17-8-9-20-18(12-17)21(28)19(14-25(20)2)22(29)24-13-15-4-6-16(23)7-5-15/h4-9,12,14,27H,3,10-11,13H2,1-2H3,(H,24,29). The quantitative estimate of drug-likeness (QED) is 0.624. The van der Waals surface area contributed by atoms with Crippen LogP contribution in [0.1, 0.15) is 22.8 Å². The number of amides is 1. The molecule has 1 heterocycles. The van der Waals surface area contributed by atoms with E-state index in [0.717, 1.165) is 16.8 Å². The predicted octanol–water partition coefficient (Wildman–Crippen LogP) is 2.94. The average molecular weight is 414 g/mol. The fraction of sp³-hybridized carbons (Fsp3) is 0.273. The van der Waals surface area contributed by atoms with Gasteiger partial charge in [-0.2, -0.15) is 0 Å². The van der Waals surface area contributed by atoms with Gasteiger partial charge >= 0.3 is 0 Å². The van der Waals surface area contributed by atoms with Crippen molar-refractivity contribution < 1.29 is 9.90 Å². The molecule has 0 saturated carbocycles. The number of nitrogens with one attached hydrogen (secondary N) is 1. The van der Waals surface area contributed by atoms with Crippen molar-refractivity contribution in [1.82, 2.24) is 9.88 Å². The number of benzene rings is 2. The van der Waals surface area contributed by atoms with E-state index in [-0.39, 0.29) is 17.6 Å². The Balaban J connectivity index is 1.93. The Bertz CT molecular complexity index is 1080. The molecule has 0 spiro atoms. The summed E-state index contributed by atoms with van der Waals surface area (Å²) in [5, 5.41) is 13.2. The second kappa shape index (κ2) is 9.11. The van der Waals surface area contributed by atoms with Gasteiger partial charge in [-0.3, -0.25) is 9.59 Å². The monoisotopic (exact) mass is 413 g/mol. The zero-order valence-electron chi connectivity index (χ0n) is 16.5. The number of carbonyl (C=O) groups excluding carboxylic acids is 1. The second-order valence-electron chi connectivity index (χ2n) is 6.80. The summed E-state index contributed by atoms with van der Waals surface area (Å²) in [5.74, 6) is -0.421. The highest BCUT2D eigenvalue weighted by molar-refractivity contribution is 6.30. The molecule has 0 fully saturated rings. The van der Waals surface area contributed by atoms with Crippen LogP contribution in [0.15, 0.2) is 53.5 Å². The Morgan fingerprint density at radius 3 is 2.59 bits per heavy atom. The highest BCUT2D eigenvalue weighted by Crippen LogP contribution is 2.20. The third kappa shape index (κ3) is 4.60. The maximum Gasteiger partial charge on any atom is 0.257 e. The number of nitrogens with zero attached hydrogens (tertiary/aromatic N) is 2. The Kier molecular flexibility index (Phi) is 6.56. The molecule has 29 heavy (non-hydrogen) atoms. The molecule has 3 rings (SSSR count). The van der Waals surface area contributed by atoms with E-state index >= 15 is 0 Å². The molecule has 1 aromatic heterocycles. The first-order valence-electron chi connectivity index (χ1n) is 9.46. The summed E-state index contributed by atoms with van der Waals surface area (Å²) >= 11 is 5.88. The van der Waals surface area contributed by atoms with Crippen molar-refractivity contribution in [1.29, 1.82) is 0 Å². The summed E-state index contributed by atoms with van der Waals surface area (Å²) in [6, 6.07) is 12.7. The van der Waals surface area contributed by atoms with Crippen molar-refractivity contribution in [2.75, 3.05) is 24.6 Å². The van der Waals surface area contributed by atoms with Crippen molar-refractivity contribution in [3.05, 3.63) is 75.0 Å². The highest BCUT2D eigenvalue weighted by Gasteiger charge is 2.16. The first kappa shape index (κ1) is 20.9.